The first kappa shape index (κ1) is 21.9. The van der Waals surface area contributed by atoms with Crippen LogP contribution in [0.2, 0.25) is 0 Å². The number of anilines is 1. The summed E-state index contributed by atoms with van der Waals surface area (Å²) in [6, 6.07) is 10.5. The van der Waals surface area contributed by atoms with E-state index in [-0.39, 0.29) is 12.2 Å². The number of carbonyl (C=O) groups is 2. The molecular weight excluding hydrogens is 381 g/mol. The molecule has 0 aliphatic carbocycles. The van der Waals surface area contributed by atoms with E-state index in [1.54, 1.807) is 31.2 Å². The van der Waals surface area contributed by atoms with E-state index in [4.69, 9.17) is 14.6 Å². The van der Waals surface area contributed by atoms with Gasteiger partial charge in [-0.1, -0.05) is 23.8 Å². The van der Waals surface area contributed by atoms with Crippen molar-refractivity contribution in [2.45, 2.75) is 26.1 Å². The first-order valence-corrected chi connectivity index (χ1v) is 8.85. The molecule has 154 valence electrons. The van der Waals surface area contributed by atoms with Gasteiger partial charge < -0.3 is 19.7 Å². The highest BCUT2D eigenvalue weighted by Crippen LogP contribution is 2.29. The molecule has 0 fully saturated rings. The lowest BCUT2D eigenvalue weighted by molar-refractivity contribution is -0.131. The molecule has 7 nitrogen and oxygen atoms in total. The summed E-state index contributed by atoms with van der Waals surface area (Å²) in [6.45, 7) is 3.77. The minimum atomic E-state index is -1.21. The van der Waals surface area contributed by atoms with Gasteiger partial charge in [-0.3, -0.25) is 5.32 Å². The highest BCUT2D eigenvalue weighted by Gasteiger charge is 2.27. The van der Waals surface area contributed by atoms with Crippen LogP contribution in [0.5, 0.6) is 5.75 Å². The molecule has 0 saturated heterocycles. The zero-order chi connectivity index (χ0) is 21.4. The summed E-state index contributed by atoms with van der Waals surface area (Å²) in [6.07, 6.45) is -0.929. The van der Waals surface area contributed by atoms with Crippen LogP contribution >= 0.6 is 0 Å². The number of halogens is 1. The zero-order valence-electron chi connectivity index (χ0n) is 16.0. The van der Waals surface area contributed by atoms with Crippen LogP contribution in [-0.2, 0) is 14.3 Å². The fraction of sp³-hybridized carbons (Fsp3) is 0.238. The molecule has 2 rings (SSSR count). The topological polar surface area (TPSA) is 105 Å². The number of amides is 1. The van der Waals surface area contributed by atoms with E-state index < -0.39 is 35.8 Å². The summed E-state index contributed by atoms with van der Waals surface area (Å²) in [4.78, 5) is 23.3. The molecule has 0 saturated carbocycles. The Hall–Kier alpha value is -3.39. The molecule has 0 aliphatic rings. The molecule has 2 aromatic carbocycles. The molecule has 2 aromatic rings. The molecule has 0 aromatic heterocycles. The van der Waals surface area contributed by atoms with Crippen molar-refractivity contribution >= 4 is 17.7 Å². The number of carboxylic acid groups (broad SMARTS) is 1. The smallest absolute Gasteiger partial charge is 0.412 e. The number of ether oxygens (including phenoxy) is 2. The Labute approximate surface area is 167 Å². The molecule has 0 radical (unpaired) electrons. The van der Waals surface area contributed by atoms with E-state index in [1.807, 2.05) is 6.92 Å². The van der Waals surface area contributed by atoms with Crippen molar-refractivity contribution in [1.82, 2.24) is 0 Å². The van der Waals surface area contributed by atoms with E-state index in [1.165, 1.54) is 12.1 Å². The Morgan fingerprint density at radius 2 is 1.90 bits per heavy atom. The lowest BCUT2D eigenvalue weighted by Crippen LogP contribution is -2.28. The lowest BCUT2D eigenvalue weighted by Gasteiger charge is -2.25. The Kier molecular flexibility index (Phi) is 7.73. The van der Waals surface area contributed by atoms with Gasteiger partial charge in [-0.05, 0) is 49.8 Å². The van der Waals surface area contributed by atoms with Gasteiger partial charge in [-0.15, -0.1) is 0 Å². The minimum Gasteiger partial charge on any atom is -0.505 e. The second kappa shape index (κ2) is 10.2. The summed E-state index contributed by atoms with van der Waals surface area (Å²) in [5, 5.41) is 20.9. The van der Waals surface area contributed by atoms with Gasteiger partial charge >= 0.3 is 12.1 Å². The average molecular weight is 403 g/mol. The number of nitrogens with one attached hydrogen (secondary N) is 1. The van der Waals surface area contributed by atoms with Gasteiger partial charge in [0.05, 0.1) is 0 Å². The second-order valence-electron chi connectivity index (χ2n) is 6.15. The summed E-state index contributed by atoms with van der Waals surface area (Å²) in [7, 11) is 0. The number of hydrogen-bond donors (Lipinski definition) is 3. The number of aromatic hydroxyl groups is 1. The van der Waals surface area contributed by atoms with Crippen LogP contribution in [0.3, 0.4) is 0 Å². The van der Waals surface area contributed by atoms with Crippen molar-refractivity contribution in [3.63, 3.8) is 0 Å². The number of aliphatic carboxylic acids is 1. The molecule has 0 bridgehead atoms. The molecule has 3 N–H and O–H groups in total. The number of rotatable bonds is 8. The predicted octanol–water partition coefficient (Wildman–Crippen LogP) is 4.18. The lowest BCUT2D eigenvalue weighted by atomic mass is 10.0. The molecule has 0 spiro atoms. The average Bonchev–Trinajstić information content (AvgIpc) is 2.67. The van der Waals surface area contributed by atoms with Gasteiger partial charge in [0.1, 0.15) is 6.10 Å². The van der Waals surface area contributed by atoms with Crippen molar-refractivity contribution in [2.24, 2.45) is 0 Å². The zero-order valence-corrected chi connectivity index (χ0v) is 16.0. The maximum atomic E-state index is 13.9. The highest BCUT2D eigenvalue weighted by atomic mass is 19.1. The fourth-order valence-electron chi connectivity index (χ4n) is 2.54. The van der Waals surface area contributed by atoms with Crippen molar-refractivity contribution in [3.05, 3.63) is 71.6 Å². The number of phenols is 1. The van der Waals surface area contributed by atoms with Crippen molar-refractivity contribution in [3.8, 4) is 5.75 Å². The number of aryl methyl sites for hydroxylation is 1. The molecule has 0 unspecified atom stereocenters. The van der Waals surface area contributed by atoms with Gasteiger partial charge in [0.25, 0.3) is 0 Å². The van der Waals surface area contributed by atoms with Crippen LogP contribution in [-0.4, -0.2) is 35.0 Å². The normalized spacial score (nSPS) is 13.1. The quantitative estimate of drug-likeness (QED) is 0.571. The van der Waals surface area contributed by atoms with Crippen LogP contribution in [0.1, 0.15) is 24.2 Å². The first-order chi connectivity index (χ1) is 13.8. The molecule has 2 atom stereocenters. The van der Waals surface area contributed by atoms with Gasteiger partial charge in [-0.2, -0.15) is 0 Å². The minimum absolute atomic E-state index is 0.188. The number of hydrogen-bond acceptors (Lipinski definition) is 5. The highest BCUT2D eigenvalue weighted by molar-refractivity contribution is 5.84. The van der Waals surface area contributed by atoms with Crippen molar-refractivity contribution in [2.75, 3.05) is 11.9 Å². The SMILES string of the molecule is CCO[C@@H](/C=C/C(=O)O)[C@@H](OC(=O)Nc1ccc(C)cc1)c1ccc(O)c(F)c1. The van der Waals surface area contributed by atoms with E-state index in [2.05, 4.69) is 5.32 Å². The Bertz CT molecular complexity index is 881. The monoisotopic (exact) mass is 403 g/mol. The second-order valence-corrected chi connectivity index (χ2v) is 6.15. The van der Waals surface area contributed by atoms with Crippen LogP contribution < -0.4 is 5.32 Å². The number of phenolic OH excluding ortho intramolecular Hbond substituents is 1. The van der Waals surface area contributed by atoms with Gasteiger partial charge in [-0.25, -0.2) is 14.0 Å². The van der Waals surface area contributed by atoms with Crippen molar-refractivity contribution < 1.29 is 33.7 Å². The van der Waals surface area contributed by atoms with Crippen LogP contribution in [0.15, 0.2) is 54.6 Å². The third-order valence-electron chi connectivity index (χ3n) is 3.92. The van der Waals surface area contributed by atoms with Crippen LogP contribution in [0.25, 0.3) is 0 Å². The van der Waals surface area contributed by atoms with E-state index >= 15 is 0 Å². The number of carboxylic acids is 1. The molecule has 0 aliphatic heterocycles. The van der Waals surface area contributed by atoms with E-state index in [0.29, 0.717) is 5.69 Å². The van der Waals surface area contributed by atoms with Crippen LogP contribution in [0.4, 0.5) is 14.9 Å². The third kappa shape index (κ3) is 6.62. The summed E-state index contributed by atoms with van der Waals surface area (Å²) in [5.74, 6) is -2.69. The summed E-state index contributed by atoms with van der Waals surface area (Å²) in [5.41, 5.74) is 1.69. The number of benzene rings is 2. The Balaban J connectivity index is 2.31. The summed E-state index contributed by atoms with van der Waals surface area (Å²) < 4.78 is 24.8. The molecular formula is C21H22FNO6. The molecule has 29 heavy (non-hydrogen) atoms. The maximum Gasteiger partial charge on any atom is 0.412 e. The predicted molar refractivity (Wildman–Crippen MR) is 104 cm³/mol. The molecule has 0 heterocycles. The number of carbonyl (C=O) groups excluding carboxylic acids is 1. The standard InChI is InChI=1S/C21H22FNO6/c1-3-28-18(10-11-19(25)26)20(14-6-9-17(24)16(22)12-14)29-21(27)23-15-7-4-13(2)5-8-15/h4-12,18,20,24H,3H2,1-2H3,(H,23,27)(H,25,26)/b11-10+/t18-,20-/m0/s1. The van der Waals surface area contributed by atoms with E-state index in [0.717, 1.165) is 23.8 Å². The first-order valence-electron chi connectivity index (χ1n) is 8.85. The summed E-state index contributed by atoms with van der Waals surface area (Å²) >= 11 is 0. The van der Waals surface area contributed by atoms with Crippen LogP contribution in [0, 0.1) is 12.7 Å². The van der Waals surface area contributed by atoms with Crippen molar-refractivity contribution in [1.29, 1.82) is 0 Å². The molecule has 1 amide bonds. The fourth-order valence-corrected chi connectivity index (χ4v) is 2.54. The Morgan fingerprint density at radius 1 is 1.21 bits per heavy atom. The maximum absolute atomic E-state index is 13.9. The van der Waals surface area contributed by atoms with Gasteiger partial charge in [0, 0.05) is 18.4 Å². The Morgan fingerprint density at radius 3 is 2.48 bits per heavy atom. The van der Waals surface area contributed by atoms with E-state index in [9.17, 15) is 19.1 Å². The molecule has 8 heteroatoms. The van der Waals surface area contributed by atoms with Gasteiger partial charge in [0.2, 0.25) is 0 Å². The van der Waals surface area contributed by atoms with Gasteiger partial charge in [0.15, 0.2) is 17.7 Å². The largest absolute Gasteiger partial charge is 0.505 e. The third-order valence-corrected chi connectivity index (χ3v) is 3.92.